The number of carbonyl (C=O) groups is 1. The lowest BCUT2D eigenvalue weighted by Gasteiger charge is -2.36. The summed E-state index contributed by atoms with van der Waals surface area (Å²) in [5.41, 5.74) is 1.11. The molecular weight excluding hydrogens is 296 g/mol. The van der Waals surface area contributed by atoms with Crippen molar-refractivity contribution < 1.29 is 4.79 Å². The van der Waals surface area contributed by atoms with Crippen molar-refractivity contribution in [3.05, 3.63) is 40.6 Å². The van der Waals surface area contributed by atoms with Crippen LogP contribution in [0.5, 0.6) is 0 Å². The number of nitrogens with one attached hydrogen (secondary N) is 1. The van der Waals surface area contributed by atoms with Gasteiger partial charge in [-0.25, -0.2) is 4.98 Å². The van der Waals surface area contributed by atoms with E-state index in [1.807, 2.05) is 16.8 Å². The zero-order valence-electron chi connectivity index (χ0n) is 13.0. The van der Waals surface area contributed by atoms with Gasteiger partial charge >= 0.3 is 0 Å². The molecular formula is C16H22N4OS. The van der Waals surface area contributed by atoms with Gasteiger partial charge in [-0.15, -0.1) is 11.3 Å². The fraction of sp³-hybridized carbons (Fsp3) is 0.500. The van der Waals surface area contributed by atoms with Crippen molar-refractivity contribution in [1.29, 1.82) is 0 Å². The quantitative estimate of drug-likeness (QED) is 0.918. The molecule has 1 amide bonds. The molecule has 1 N–H and O–H groups in total. The lowest BCUT2D eigenvalue weighted by Crippen LogP contribution is -2.46. The molecule has 0 saturated carbocycles. The molecule has 1 atom stereocenters. The van der Waals surface area contributed by atoms with Crippen molar-refractivity contribution in [2.45, 2.75) is 38.9 Å². The molecule has 0 aromatic carbocycles. The molecule has 2 aromatic heterocycles. The van der Waals surface area contributed by atoms with Gasteiger partial charge in [0.25, 0.3) is 0 Å². The van der Waals surface area contributed by atoms with E-state index in [0.29, 0.717) is 12.6 Å². The van der Waals surface area contributed by atoms with E-state index >= 15 is 0 Å². The summed E-state index contributed by atoms with van der Waals surface area (Å²) in [6.45, 7) is 6.61. The Morgan fingerprint density at radius 1 is 1.55 bits per heavy atom. The standard InChI is InChI=1S/C16H22N4OS/c1-12(2)19-9-13-8-17-11-20(13)15(10-19)16(21)18-6-5-14-4-3-7-22-14/h3-4,7-8,11-12,15H,5-6,9-10H2,1-2H3,(H,18,21). The van der Waals surface area contributed by atoms with Gasteiger partial charge in [0.2, 0.25) is 5.91 Å². The van der Waals surface area contributed by atoms with Gasteiger partial charge in [0.1, 0.15) is 6.04 Å². The van der Waals surface area contributed by atoms with Crippen molar-refractivity contribution >= 4 is 17.2 Å². The predicted molar refractivity (Wildman–Crippen MR) is 87.8 cm³/mol. The van der Waals surface area contributed by atoms with Crippen LogP contribution in [0.2, 0.25) is 0 Å². The van der Waals surface area contributed by atoms with Crippen LogP contribution in [0.3, 0.4) is 0 Å². The highest BCUT2D eigenvalue weighted by atomic mass is 32.1. The molecule has 2 aromatic rings. The topological polar surface area (TPSA) is 50.2 Å². The maximum Gasteiger partial charge on any atom is 0.244 e. The van der Waals surface area contributed by atoms with Crippen LogP contribution >= 0.6 is 11.3 Å². The second kappa shape index (κ2) is 6.62. The van der Waals surface area contributed by atoms with Gasteiger partial charge in [-0.2, -0.15) is 0 Å². The third-order valence-corrected chi connectivity index (χ3v) is 5.07. The molecule has 1 aliphatic rings. The van der Waals surface area contributed by atoms with Gasteiger partial charge in [0.05, 0.1) is 12.0 Å². The van der Waals surface area contributed by atoms with Gasteiger partial charge < -0.3 is 9.88 Å². The van der Waals surface area contributed by atoms with E-state index in [1.165, 1.54) is 4.88 Å². The Bertz CT molecular complexity index is 620. The molecule has 0 saturated heterocycles. The molecule has 0 radical (unpaired) electrons. The Hall–Kier alpha value is -1.66. The summed E-state index contributed by atoms with van der Waals surface area (Å²) in [4.78, 5) is 20.4. The minimum Gasteiger partial charge on any atom is -0.354 e. The molecule has 0 aliphatic carbocycles. The lowest BCUT2D eigenvalue weighted by molar-refractivity contribution is -0.125. The summed E-state index contributed by atoms with van der Waals surface area (Å²) >= 11 is 1.73. The van der Waals surface area contributed by atoms with Gasteiger partial charge in [-0.05, 0) is 31.7 Å². The maximum absolute atomic E-state index is 12.6. The van der Waals surface area contributed by atoms with Crippen LogP contribution in [0, 0.1) is 0 Å². The first kappa shape index (κ1) is 15.2. The summed E-state index contributed by atoms with van der Waals surface area (Å²) in [6.07, 6.45) is 4.53. The van der Waals surface area contributed by atoms with Crippen LogP contribution in [-0.2, 0) is 17.8 Å². The molecule has 118 valence electrons. The Kier molecular flexibility index (Phi) is 4.59. The summed E-state index contributed by atoms with van der Waals surface area (Å²) in [5, 5.41) is 5.14. The molecule has 3 heterocycles. The van der Waals surface area contributed by atoms with Crippen molar-refractivity contribution in [2.75, 3.05) is 13.1 Å². The zero-order valence-corrected chi connectivity index (χ0v) is 13.8. The molecule has 22 heavy (non-hydrogen) atoms. The van der Waals surface area contributed by atoms with E-state index in [2.05, 4.69) is 40.5 Å². The number of fused-ring (bicyclic) bond motifs is 1. The second-order valence-electron chi connectivity index (χ2n) is 5.95. The van der Waals surface area contributed by atoms with E-state index in [4.69, 9.17) is 0 Å². The van der Waals surface area contributed by atoms with Crippen LogP contribution in [0.4, 0.5) is 0 Å². The number of imidazole rings is 1. The summed E-state index contributed by atoms with van der Waals surface area (Å²) in [7, 11) is 0. The average Bonchev–Trinajstić information content (AvgIpc) is 3.16. The first-order valence-corrected chi connectivity index (χ1v) is 8.58. The molecule has 1 unspecified atom stereocenters. The van der Waals surface area contributed by atoms with Crippen LogP contribution in [0.1, 0.15) is 30.5 Å². The summed E-state index contributed by atoms with van der Waals surface area (Å²) in [5.74, 6) is 0.0844. The van der Waals surface area contributed by atoms with Crippen molar-refractivity contribution in [3.8, 4) is 0 Å². The van der Waals surface area contributed by atoms with E-state index < -0.39 is 0 Å². The number of amides is 1. The third-order valence-electron chi connectivity index (χ3n) is 4.14. The largest absolute Gasteiger partial charge is 0.354 e. The normalized spacial score (nSPS) is 18.4. The Labute approximate surface area is 135 Å². The monoisotopic (exact) mass is 318 g/mol. The number of hydrogen-bond donors (Lipinski definition) is 1. The number of carbonyl (C=O) groups excluding carboxylic acids is 1. The van der Waals surface area contributed by atoms with Crippen molar-refractivity contribution in [3.63, 3.8) is 0 Å². The Balaban J connectivity index is 1.63. The van der Waals surface area contributed by atoms with Crippen molar-refractivity contribution in [1.82, 2.24) is 19.8 Å². The van der Waals surface area contributed by atoms with E-state index in [-0.39, 0.29) is 11.9 Å². The number of aromatic nitrogens is 2. The van der Waals surface area contributed by atoms with Crippen LogP contribution in [0.25, 0.3) is 0 Å². The highest BCUT2D eigenvalue weighted by Crippen LogP contribution is 2.22. The molecule has 5 nitrogen and oxygen atoms in total. The molecule has 0 spiro atoms. The predicted octanol–water partition coefficient (Wildman–Crippen LogP) is 2.07. The highest BCUT2D eigenvalue weighted by molar-refractivity contribution is 7.09. The average molecular weight is 318 g/mol. The van der Waals surface area contributed by atoms with Gasteiger partial charge in [0.15, 0.2) is 0 Å². The van der Waals surface area contributed by atoms with E-state index in [9.17, 15) is 4.79 Å². The van der Waals surface area contributed by atoms with E-state index in [0.717, 1.165) is 25.2 Å². The van der Waals surface area contributed by atoms with E-state index in [1.54, 1.807) is 17.7 Å². The van der Waals surface area contributed by atoms with Gasteiger partial charge in [-0.1, -0.05) is 6.07 Å². The summed E-state index contributed by atoms with van der Waals surface area (Å²) < 4.78 is 2.01. The lowest BCUT2D eigenvalue weighted by atomic mass is 10.1. The fourth-order valence-corrected chi connectivity index (χ4v) is 3.51. The molecule has 0 bridgehead atoms. The minimum absolute atomic E-state index is 0.0844. The maximum atomic E-state index is 12.6. The number of rotatable bonds is 5. The van der Waals surface area contributed by atoms with Gasteiger partial charge in [0, 0.05) is 36.8 Å². The van der Waals surface area contributed by atoms with Gasteiger partial charge in [-0.3, -0.25) is 9.69 Å². The third kappa shape index (κ3) is 3.23. The highest BCUT2D eigenvalue weighted by Gasteiger charge is 2.30. The SMILES string of the molecule is CC(C)N1Cc2cncn2C(C(=O)NCCc2cccs2)C1. The number of thiophene rings is 1. The van der Waals surface area contributed by atoms with Crippen LogP contribution in [-0.4, -0.2) is 39.5 Å². The smallest absolute Gasteiger partial charge is 0.244 e. The van der Waals surface area contributed by atoms with Crippen LogP contribution < -0.4 is 5.32 Å². The van der Waals surface area contributed by atoms with Crippen molar-refractivity contribution in [2.24, 2.45) is 0 Å². The van der Waals surface area contributed by atoms with Crippen LogP contribution in [0.15, 0.2) is 30.0 Å². The minimum atomic E-state index is -0.183. The Morgan fingerprint density at radius 2 is 2.41 bits per heavy atom. The molecule has 6 heteroatoms. The first-order valence-electron chi connectivity index (χ1n) is 7.70. The summed E-state index contributed by atoms with van der Waals surface area (Å²) in [6, 6.07) is 4.38. The number of nitrogens with zero attached hydrogens (tertiary/aromatic N) is 3. The first-order chi connectivity index (χ1) is 10.6. The number of hydrogen-bond acceptors (Lipinski definition) is 4. The second-order valence-corrected chi connectivity index (χ2v) is 6.98. The Morgan fingerprint density at radius 3 is 3.14 bits per heavy atom. The molecule has 1 aliphatic heterocycles. The zero-order chi connectivity index (χ0) is 15.5. The molecule has 3 rings (SSSR count). The fourth-order valence-electron chi connectivity index (χ4n) is 2.80. The molecule has 0 fully saturated rings.